The average Bonchev–Trinajstić information content (AvgIpc) is 3.87. The van der Waals surface area contributed by atoms with Crippen molar-refractivity contribution in [1.82, 2.24) is 14.5 Å². The summed E-state index contributed by atoms with van der Waals surface area (Å²) in [5, 5.41) is 14.5. The number of rotatable bonds is 6. The molecule has 322 valence electrons. The Morgan fingerprint density at radius 1 is 0.492 bits per heavy atom. The number of imidazole rings is 1. The van der Waals surface area contributed by atoms with Gasteiger partial charge in [0.15, 0.2) is 0 Å². The Labute approximate surface area is 382 Å². The second kappa shape index (κ2) is 15.5. The van der Waals surface area contributed by atoms with Gasteiger partial charge in [0, 0.05) is 39.2 Å². The number of benzene rings is 7. The fourth-order valence-corrected chi connectivity index (χ4v) is 9.18. The second-order valence-corrected chi connectivity index (χ2v) is 20.5. The van der Waals surface area contributed by atoms with Crippen molar-refractivity contribution in [2.45, 2.75) is 78.6 Å². The Morgan fingerprint density at radius 3 is 1.88 bits per heavy atom. The molecule has 0 unspecified atom stereocenters. The molecule has 10 aromatic rings. The van der Waals surface area contributed by atoms with Gasteiger partial charge in [-0.1, -0.05) is 165 Å². The molecule has 65 heavy (non-hydrogen) atoms. The number of fused-ring (bicyclic) bond motifs is 4. The van der Waals surface area contributed by atoms with Crippen LogP contribution in [0.5, 0.6) is 5.75 Å². The number of hydrogen-bond donors (Lipinski definition) is 1. The predicted octanol–water partition coefficient (Wildman–Crippen LogP) is 16.3. The molecule has 0 fully saturated rings. The molecule has 0 amide bonds. The van der Waals surface area contributed by atoms with Gasteiger partial charge in [0.2, 0.25) is 0 Å². The molecule has 5 heteroatoms. The highest BCUT2D eigenvalue weighted by atomic mass is 16.3. The first-order valence-electron chi connectivity index (χ1n) is 22.6. The summed E-state index contributed by atoms with van der Waals surface area (Å²) in [6.45, 7) is 19.8. The number of phenols is 1. The van der Waals surface area contributed by atoms with Gasteiger partial charge in [-0.15, -0.1) is 0 Å². The quantitative estimate of drug-likeness (QED) is 0.181. The molecule has 3 aromatic heterocycles. The summed E-state index contributed by atoms with van der Waals surface area (Å²) in [5.41, 5.74) is 15.8. The molecular formula is C60H55N3O2. The summed E-state index contributed by atoms with van der Waals surface area (Å²) in [4.78, 5) is 10.7. The maximum Gasteiger partial charge on any atom is 0.149 e. The van der Waals surface area contributed by atoms with Crippen LogP contribution in [-0.2, 0) is 16.2 Å². The van der Waals surface area contributed by atoms with Crippen molar-refractivity contribution in [1.29, 1.82) is 0 Å². The van der Waals surface area contributed by atoms with Crippen LogP contribution in [-0.4, -0.2) is 19.6 Å². The predicted molar refractivity (Wildman–Crippen MR) is 271 cm³/mol. The first kappa shape index (κ1) is 41.8. The van der Waals surface area contributed by atoms with Crippen molar-refractivity contribution < 1.29 is 9.52 Å². The van der Waals surface area contributed by atoms with Crippen LogP contribution in [0.2, 0.25) is 0 Å². The molecule has 0 aliphatic heterocycles. The molecule has 5 nitrogen and oxygen atoms in total. The molecule has 0 spiro atoms. The molecule has 3 heterocycles. The van der Waals surface area contributed by atoms with Gasteiger partial charge in [-0.2, -0.15) is 0 Å². The lowest BCUT2D eigenvalue weighted by Gasteiger charge is -2.27. The summed E-state index contributed by atoms with van der Waals surface area (Å²) < 4.78 is 9.15. The number of phenolic OH excluding ortho intramolecular Hbond substituents is 1. The van der Waals surface area contributed by atoms with Gasteiger partial charge in [-0.25, -0.2) is 4.98 Å². The zero-order valence-corrected chi connectivity index (χ0v) is 38.8. The molecule has 0 aliphatic carbocycles. The molecule has 0 bridgehead atoms. The highest BCUT2D eigenvalue weighted by Gasteiger charge is 2.30. The molecular weight excluding hydrogens is 795 g/mol. The maximum atomic E-state index is 12.5. The van der Waals surface area contributed by atoms with Gasteiger partial charge in [0.05, 0.1) is 28.0 Å². The van der Waals surface area contributed by atoms with Crippen molar-refractivity contribution >= 4 is 33.0 Å². The number of hydrogen-bond acceptors (Lipinski definition) is 4. The molecule has 0 aliphatic rings. The van der Waals surface area contributed by atoms with Crippen molar-refractivity contribution in [3.05, 3.63) is 181 Å². The normalized spacial score (nSPS) is 12.4. The lowest BCUT2D eigenvalue weighted by Crippen LogP contribution is -2.17. The van der Waals surface area contributed by atoms with E-state index in [-0.39, 0.29) is 22.0 Å². The second-order valence-electron chi connectivity index (χ2n) is 20.5. The van der Waals surface area contributed by atoms with E-state index in [0.29, 0.717) is 11.4 Å². The SMILES string of the molecule is CC(C)(C)c1ccnc(-c2cc(-c3cccc4c3nc(-c3cc(C(C)(C)C)cc(C(C)(C)C)c3O)n4-c3ccccc3-c3ccccc3)cc3c2oc2cc(-c4ccccc4)ccc23)c1. The van der Waals surface area contributed by atoms with E-state index < -0.39 is 0 Å². The van der Waals surface area contributed by atoms with Crippen molar-refractivity contribution in [2.75, 3.05) is 0 Å². The largest absolute Gasteiger partial charge is 0.507 e. The zero-order chi connectivity index (χ0) is 45.4. The first-order valence-corrected chi connectivity index (χ1v) is 22.6. The third kappa shape index (κ3) is 7.49. The van der Waals surface area contributed by atoms with E-state index in [1.807, 2.05) is 18.3 Å². The van der Waals surface area contributed by atoms with Gasteiger partial charge < -0.3 is 9.52 Å². The minimum atomic E-state index is -0.330. The van der Waals surface area contributed by atoms with Crippen molar-refractivity contribution in [3.63, 3.8) is 0 Å². The van der Waals surface area contributed by atoms with Crippen LogP contribution in [0, 0.1) is 0 Å². The molecule has 1 N–H and O–H groups in total. The average molecular weight is 850 g/mol. The third-order valence-electron chi connectivity index (χ3n) is 12.8. The minimum absolute atomic E-state index is 0.0829. The van der Waals surface area contributed by atoms with Crippen molar-refractivity contribution in [2.24, 2.45) is 0 Å². The topological polar surface area (TPSA) is 64.1 Å². The van der Waals surface area contributed by atoms with Crippen LogP contribution in [0.25, 0.3) is 94.7 Å². The summed E-state index contributed by atoms with van der Waals surface area (Å²) in [7, 11) is 0. The molecule has 0 saturated carbocycles. The number of para-hydroxylation sites is 2. The van der Waals surface area contributed by atoms with Crippen LogP contribution in [0.15, 0.2) is 168 Å². The van der Waals surface area contributed by atoms with Gasteiger partial charge in [-0.3, -0.25) is 9.55 Å². The Bertz CT molecular complexity index is 3430. The summed E-state index contributed by atoms with van der Waals surface area (Å²) in [5.74, 6) is 0.919. The first-order chi connectivity index (χ1) is 31.0. The number of furan rings is 1. The number of aromatic hydroxyl groups is 1. The van der Waals surface area contributed by atoms with E-state index in [9.17, 15) is 5.11 Å². The van der Waals surface area contributed by atoms with E-state index in [0.717, 1.165) is 94.4 Å². The van der Waals surface area contributed by atoms with Gasteiger partial charge in [-0.05, 0) is 104 Å². The fourth-order valence-electron chi connectivity index (χ4n) is 9.18. The van der Waals surface area contributed by atoms with Crippen LogP contribution in [0.1, 0.15) is 79.0 Å². The minimum Gasteiger partial charge on any atom is -0.507 e. The lowest BCUT2D eigenvalue weighted by atomic mass is 9.79. The van der Waals surface area contributed by atoms with Crippen LogP contribution in [0.3, 0.4) is 0 Å². The lowest BCUT2D eigenvalue weighted by molar-refractivity contribution is 0.446. The van der Waals surface area contributed by atoms with Crippen LogP contribution in [0.4, 0.5) is 0 Å². The van der Waals surface area contributed by atoms with E-state index in [4.69, 9.17) is 14.4 Å². The highest BCUT2D eigenvalue weighted by Crippen LogP contribution is 2.47. The van der Waals surface area contributed by atoms with E-state index in [2.05, 4.69) is 212 Å². The van der Waals surface area contributed by atoms with Crippen LogP contribution >= 0.6 is 0 Å². The zero-order valence-electron chi connectivity index (χ0n) is 38.8. The maximum absolute atomic E-state index is 12.5. The fraction of sp³-hybridized carbons (Fsp3) is 0.200. The van der Waals surface area contributed by atoms with E-state index >= 15 is 0 Å². The van der Waals surface area contributed by atoms with E-state index in [1.165, 1.54) is 5.56 Å². The molecule has 0 radical (unpaired) electrons. The van der Waals surface area contributed by atoms with Gasteiger partial charge in [0.1, 0.15) is 22.7 Å². The number of pyridine rings is 1. The highest BCUT2D eigenvalue weighted by molar-refractivity contribution is 6.13. The Balaban J connectivity index is 1.29. The molecule has 10 rings (SSSR count). The van der Waals surface area contributed by atoms with Crippen molar-refractivity contribution in [3.8, 4) is 67.5 Å². The standard InChI is InChI=1S/C60H55N3O2/c1-58(2,3)41-29-30-61-50(36-41)47-32-40(31-46-45-28-27-39(33-53(45)65-56(46)47)37-19-12-10-13-20-37)44-24-18-26-52-54(44)62-57(48-34-42(59(4,5)6)35-49(55(48)64)60(7,8)9)63(52)51-25-17-16-23-43(51)38-21-14-11-15-22-38/h10-36,64H,1-9H3. The molecule has 0 atom stereocenters. The smallest absolute Gasteiger partial charge is 0.149 e. The number of nitrogens with zero attached hydrogens (tertiary/aromatic N) is 3. The monoisotopic (exact) mass is 849 g/mol. The molecule has 7 aromatic carbocycles. The van der Waals surface area contributed by atoms with Crippen LogP contribution < -0.4 is 0 Å². The Kier molecular flexibility index (Phi) is 9.95. The Hall–Kier alpha value is -7.24. The van der Waals surface area contributed by atoms with E-state index in [1.54, 1.807) is 0 Å². The summed E-state index contributed by atoms with van der Waals surface area (Å²) >= 11 is 0. The number of aromatic nitrogens is 3. The van der Waals surface area contributed by atoms with Gasteiger partial charge >= 0.3 is 0 Å². The summed E-state index contributed by atoms with van der Waals surface area (Å²) in [6, 6.07) is 55.5. The molecule has 0 saturated heterocycles. The Morgan fingerprint density at radius 2 is 1.17 bits per heavy atom. The third-order valence-corrected chi connectivity index (χ3v) is 12.8. The van der Waals surface area contributed by atoms with Gasteiger partial charge in [0.25, 0.3) is 0 Å². The summed E-state index contributed by atoms with van der Waals surface area (Å²) in [6.07, 6.45) is 1.91.